The van der Waals surface area contributed by atoms with Crippen LogP contribution in [0.4, 0.5) is 0 Å². The van der Waals surface area contributed by atoms with Crippen LogP contribution in [0.1, 0.15) is 37.6 Å². The van der Waals surface area contributed by atoms with Crippen LogP contribution in [-0.2, 0) is 4.79 Å². The molecule has 1 aromatic rings. The summed E-state index contributed by atoms with van der Waals surface area (Å²) >= 11 is 0. The summed E-state index contributed by atoms with van der Waals surface area (Å²) in [7, 11) is 0. The Bertz CT molecular complexity index is 623. The smallest absolute Gasteiger partial charge is 0.325 e. The lowest BCUT2D eigenvalue weighted by atomic mass is 10.0. The summed E-state index contributed by atoms with van der Waals surface area (Å²) in [5.41, 5.74) is -2.40. The zero-order valence-electron chi connectivity index (χ0n) is 11.5. The predicted octanol–water partition coefficient (Wildman–Crippen LogP) is -0.221. The predicted molar refractivity (Wildman–Crippen MR) is 70.7 cm³/mol. The molecule has 0 saturated heterocycles. The lowest BCUT2D eigenvalue weighted by molar-refractivity contribution is -0.137. The van der Waals surface area contributed by atoms with Gasteiger partial charge in [-0.05, 0) is 20.8 Å². The van der Waals surface area contributed by atoms with Crippen LogP contribution in [0.15, 0.2) is 15.8 Å². The Morgan fingerprint density at radius 3 is 2.35 bits per heavy atom. The first-order valence-corrected chi connectivity index (χ1v) is 5.98. The molecule has 20 heavy (non-hydrogen) atoms. The van der Waals surface area contributed by atoms with Gasteiger partial charge in [-0.25, -0.2) is 4.79 Å². The fourth-order valence-electron chi connectivity index (χ4n) is 1.66. The van der Waals surface area contributed by atoms with Crippen molar-refractivity contribution in [1.29, 1.82) is 0 Å². The van der Waals surface area contributed by atoms with Gasteiger partial charge in [-0.3, -0.25) is 19.4 Å². The van der Waals surface area contributed by atoms with Gasteiger partial charge in [0.15, 0.2) is 0 Å². The Hall–Kier alpha value is -2.38. The van der Waals surface area contributed by atoms with Gasteiger partial charge < -0.3 is 15.0 Å². The lowest BCUT2D eigenvalue weighted by Crippen LogP contribution is -2.48. The van der Waals surface area contributed by atoms with Crippen molar-refractivity contribution in [2.75, 3.05) is 6.54 Å². The molecule has 0 aliphatic carbocycles. The number of hydrogen-bond donors (Lipinski definition) is 3. The van der Waals surface area contributed by atoms with Crippen molar-refractivity contribution in [2.45, 2.75) is 32.7 Å². The van der Waals surface area contributed by atoms with Gasteiger partial charge in [-0.1, -0.05) is 0 Å². The zero-order valence-corrected chi connectivity index (χ0v) is 11.5. The Kier molecular flexibility index (Phi) is 4.49. The van der Waals surface area contributed by atoms with E-state index in [9.17, 15) is 19.2 Å². The largest absolute Gasteiger partial charge is 0.481 e. The Labute approximate surface area is 114 Å². The molecule has 0 aromatic carbocycles. The zero-order chi connectivity index (χ0) is 15.5. The molecule has 8 nitrogen and oxygen atoms in total. The van der Waals surface area contributed by atoms with Crippen molar-refractivity contribution in [1.82, 2.24) is 14.9 Å². The van der Waals surface area contributed by atoms with E-state index in [1.807, 2.05) is 4.98 Å². The Morgan fingerprint density at radius 2 is 1.90 bits per heavy atom. The first kappa shape index (κ1) is 15.7. The maximum absolute atomic E-state index is 12.3. The van der Waals surface area contributed by atoms with Crippen LogP contribution < -0.4 is 11.2 Å². The van der Waals surface area contributed by atoms with Crippen LogP contribution in [-0.4, -0.2) is 43.9 Å². The number of aromatic nitrogens is 2. The molecule has 0 saturated carbocycles. The molecular weight excluding hydrogens is 266 g/mol. The molecular formula is C12H17N3O5. The van der Waals surface area contributed by atoms with E-state index in [0.717, 1.165) is 6.20 Å². The Morgan fingerprint density at radius 1 is 1.30 bits per heavy atom. The highest BCUT2D eigenvalue weighted by Crippen LogP contribution is 2.16. The van der Waals surface area contributed by atoms with Crippen molar-refractivity contribution in [3.05, 3.63) is 32.6 Å². The second-order valence-electron chi connectivity index (χ2n) is 5.26. The first-order chi connectivity index (χ1) is 9.12. The third-order valence-corrected chi connectivity index (χ3v) is 2.65. The molecule has 0 spiro atoms. The van der Waals surface area contributed by atoms with E-state index in [0.29, 0.717) is 0 Å². The third-order valence-electron chi connectivity index (χ3n) is 2.65. The van der Waals surface area contributed by atoms with Crippen LogP contribution in [0.3, 0.4) is 0 Å². The molecule has 0 unspecified atom stereocenters. The highest BCUT2D eigenvalue weighted by molar-refractivity contribution is 5.94. The van der Waals surface area contributed by atoms with E-state index in [2.05, 4.69) is 4.98 Å². The topological polar surface area (TPSA) is 123 Å². The van der Waals surface area contributed by atoms with Crippen LogP contribution in [0.25, 0.3) is 0 Å². The number of nitrogens with zero attached hydrogens (tertiary/aromatic N) is 1. The van der Waals surface area contributed by atoms with Crippen LogP contribution in [0, 0.1) is 0 Å². The average Bonchev–Trinajstić information content (AvgIpc) is 2.26. The number of aromatic amines is 2. The quantitative estimate of drug-likeness (QED) is 0.704. The minimum Gasteiger partial charge on any atom is -0.481 e. The van der Waals surface area contributed by atoms with Gasteiger partial charge >= 0.3 is 11.7 Å². The molecule has 0 fully saturated rings. The highest BCUT2D eigenvalue weighted by Gasteiger charge is 2.29. The third kappa shape index (κ3) is 3.81. The number of carboxylic acids is 1. The fraction of sp³-hybridized carbons (Fsp3) is 0.500. The lowest BCUT2D eigenvalue weighted by Gasteiger charge is -2.35. The van der Waals surface area contributed by atoms with Gasteiger partial charge in [0.2, 0.25) is 0 Å². The number of carbonyl (C=O) groups is 2. The minimum atomic E-state index is -1.04. The van der Waals surface area contributed by atoms with E-state index in [1.54, 1.807) is 20.8 Å². The van der Waals surface area contributed by atoms with Crippen molar-refractivity contribution in [3.8, 4) is 0 Å². The van der Waals surface area contributed by atoms with Gasteiger partial charge in [-0.2, -0.15) is 0 Å². The molecule has 110 valence electrons. The van der Waals surface area contributed by atoms with Gasteiger partial charge in [0.1, 0.15) is 5.56 Å². The summed E-state index contributed by atoms with van der Waals surface area (Å²) in [6.45, 7) is 5.15. The summed E-state index contributed by atoms with van der Waals surface area (Å²) in [6, 6.07) is 0. The van der Waals surface area contributed by atoms with Crippen molar-refractivity contribution < 1.29 is 14.7 Å². The molecule has 0 atom stereocenters. The standard InChI is InChI=1S/C12H17N3O5/c1-12(2,3)15(5-4-8(16)17)10(19)7-6-13-11(20)14-9(7)18/h6H,4-5H2,1-3H3,(H,16,17)(H2,13,14,18,20). The number of carboxylic acid groups (broad SMARTS) is 1. The molecule has 1 heterocycles. The van der Waals surface area contributed by atoms with Gasteiger partial charge in [0.05, 0.1) is 6.42 Å². The van der Waals surface area contributed by atoms with Gasteiger partial charge in [0.25, 0.3) is 11.5 Å². The molecule has 0 radical (unpaired) electrons. The molecule has 1 aromatic heterocycles. The van der Waals surface area contributed by atoms with E-state index in [-0.39, 0.29) is 18.5 Å². The Balaban J connectivity index is 3.13. The average molecular weight is 283 g/mol. The number of nitrogens with one attached hydrogen (secondary N) is 2. The second-order valence-corrected chi connectivity index (χ2v) is 5.26. The number of rotatable bonds is 4. The number of hydrogen-bond acceptors (Lipinski definition) is 4. The number of carbonyl (C=O) groups excluding carboxylic acids is 1. The van der Waals surface area contributed by atoms with E-state index < -0.39 is 28.7 Å². The van der Waals surface area contributed by atoms with Crippen molar-refractivity contribution in [3.63, 3.8) is 0 Å². The first-order valence-electron chi connectivity index (χ1n) is 5.98. The van der Waals surface area contributed by atoms with E-state index in [4.69, 9.17) is 5.11 Å². The highest BCUT2D eigenvalue weighted by atomic mass is 16.4. The number of amides is 1. The van der Waals surface area contributed by atoms with Crippen LogP contribution >= 0.6 is 0 Å². The molecule has 1 rings (SSSR count). The summed E-state index contributed by atoms with van der Waals surface area (Å²) in [5.74, 6) is -1.67. The molecule has 3 N–H and O–H groups in total. The molecule has 0 aliphatic heterocycles. The summed E-state index contributed by atoms with van der Waals surface area (Å²) < 4.78 is 0. The molecule has 1 amide bonds. The van der Waals surface area contributed by atoms with E-state index in [1.165, 1.54) is 4.90 Å². The number of aliphatic carboxylic acids is 1. The maximum Gasteiger partial charge on any atom is 0.325 e. The van der Waals surface area contributed by atoms with Crippen molar-refractivity contribution >= 4 is 11.9 Å². The summed E-state index contributed by atoms with van der Waals surface area (Å²) in [5, 5.41) is 8.72. The number of H-pyrrole nitrogens is 2. The normalized spacial score (nSPS) is 11.2. The van der Waals surface area contributed by atoms with Crippen LogP contribution in [0.5, 0.6) is 0 Å². The molecule has 0 aliphatic rings. The van der Waals surface area contributed by atoms with Crippen LogP contribution in [0.2, 0.25) is 0 Å². The van der Waals surface area contributed by atoms with Crippen molar-refractivity contribution in [2.24, 2.45) is 0 Å². The summed E-state index contributed by atoms with van der Waals surface area (Å²) in [6.07, 6.45) is 0.799. The monoisotopic (exact) mass is 283 g/mol. The van der Waals surface area contributed by atoms with Gasteiger partial charge in [-0.15, -0.1) is 0 Å². The fourth-order valence-corrected chi connectivity index (χ4v) is 1.66. The molecule has 0 bridgehead atoms. The van der Waals surface area contributed by atoms with Gasteiger partial charge in [0, 0.05) is 18.3 Å². The SMILES string of the molecule is CC(C)(C)N(CCC(=O)O)C(=O)c1c[nH]c(=O)[nH]c1=O. The second kappa shape index (κ2) is 5.72. The molecule has 8 heteroatoms. The summed E-state index contributed by atoms with van der Waals surface area (Å²) in [4.78, 5) is 51.0. The minimum absolute atomic E-state index is 0.0315. The maximum atomic E-state index is 12.3. The van der Waals surface area contributed by atoms with E-state index >= 15 is 0 Å².